The highest BCUT2D eigenvalue weighted by atomic mass is 35.5. The van der Waals surface area contributed by atoms with E-state index in [-0.39, 0.29) is 33.4 Å². The fourth-order valence-corrected chi connectivity index (χ4v) is 3.88. The Morgan fingerprint density at radius 2 is 1.85 bits per heavy atom. The fraction of sp³-hybridized carbons (Fsp3) is 0.0455. The van der Waals surface area contributed by atoms with Crippen LogP contribution in [0.15, 0.2) is 59.5 Å². The van der Waals surface area contributed by atoms with Crippen LogP contribution in [0.2, 0.25) is 10.0 Å². The SMILES string of the molecule is Cc1cc(NC(=O)c2ccc(Cl)cc2Cl)n(-c2nc3c(cnn3-c3ccc(F)cc3)c(=O)[nH]2)n1. The molecule has 0 radical (unpaired) electrons. The summed E-state index contributed by atoms with van der Waals surface area (Å²) in [6.07, 6.45) is 1.37. The van der Waals surface area contributed by atoms with Gasteiger partial charge < -0.3 is 5.32 Å². The van der Waals surface area contributed by atoms with Gasteiger partial charge >= 0.3 is 0 Å². The van der Waals surface area contributed by atoms with Crippen molar-refractivity contribution in [1.82, 2.24) is 29.5 Å². The van der Waals surface area contributed by atoms with Crippen molar-refractivity contribution in [3.8, 4) is 11.6 Å². The summed E-state index contributed by atoms with van der Waals surface area (Å²) >= 11 is 12.1. The van der Waals surface area contributed by atoms with E-state index < -0.39 is 17.3 Å². The minimum absolute atomic E-state index is 0.0481. The standard InChI is InChI=1S/C22H14Cl2FN7O2/c1-11-8-18(27-20(33)15-7-2-12(23)9-17(15)24)32(30-11)22-28-19-16(21(34)29-22)10-26-31(19)14-5-3-13(25)4-6-14/h2-10H,1H3,(H,27,33)(H,28,29,34). The number of aryl methyl sites for hydroxylation is 1. The molecule has 12 heteroatoms. The van der Waals surface area contributed by atoms with Gasteiger partial charge in [-0.05, 0) is 49.4 Å². The Kier molecular flexibility index (Phi) is 5.39. The lowest BCUT2D eigenvalue weighted by molar-refractivity contribution is 0.102. The molecule has 5 rings (SSSR count). The lowest BCUT2D eigenvalue weighted by Crippen LogP contribution is -2.19. The number of nitrogens with one attached hydrogen (secondary N) is 2. The number of carbonyl (C=O) groups excluding carboxylic acids is 1. The predicted molar refractivity (Wildman–Crippen MR) is 126 cm³/mol. The van der Waals surface area contributed by atoms with Gasteiger partial charge in [0, 0.05) is 11.1 Å². The molecule has 0 saturated heterocycles. The number of hydrogen-bond acceptors (Lipinski definition) is 5. The Balaban J connectivity index is 1.58. The van der Waals surface area contributed by atoms with Crippen LogP contribution in [0, 0.1) is 12.7 Å². The summed E-state index contributed by atoms with van der Waals surface area (Å²) in [6, 6.07) is 11.7. The number of H-pyrrole nitrogens is 1. The molecule has 5 aromatic rings. The van der Waals surface area contributed by atoms with Crippen LogP contribution < -0.4 is 10.9 Å². The number of benzene rings is 2. The van der Waals surface area contributed by atoms with Gasteiger partial charge in [-0.15, -0.1) is 0 Å². The summed E-state index contributed by atoms with van der Waals surface area (Å²) < 4.78 is 16.1. The van der Waals surface area contributed by atoms with Gasteiger partial charge in [0.05, 0.1) is 28.2 Å². The number of fused-ring (bicyclic) bond motifs is 1. The summed E-state index contributed by atoms with van der Waals surface area (Å²) in [4.78, 5) is 32.7. The van der Waals surface area contributed by atoms with E-state index in [0.29, 0.717) is 16.4 Å². The van der Waals surface area contributed by atoms with Crippen LogP contribution in [0.5, 0.6) is 0 Å². The van der Waals surface area contributed by atoms with Crippen LogP contribution in [0.4, 0.5) is 10.2 Å². The van der Waals surface area contributed by atoms with Crippen molar-refractivity contribution in [3.05, 3.63) is 92.2 Å². The molecule has 0 saturated carbocycles. The molecule has 0 aliphatic heterocycles. The third-order valence-corrected chi connectivity index (χ3v) is 5.49. The first-order valence-corrected chi connectivity index (χ1v) is 10.6. The van der Waals surface area contributed by atoms with Crippen LogP contribution in [0.3, 0.4) is 0 Å². The molecule has 0 aliphatic carbocycles. The Morgan fingerprint density at radius 1 is 1.09 bits per heavy atom. The Hall–Kier alpha value is -4.02. The third-order valence-electron chi connectivity index (χ3n) is 4.95. The minimum Gasteiger partial charge on any atom is -0.306 e. The van der Waals surface area contributed by atoms with Crippen LogP contribution >= 0.6 is 23.2 Å². The molecule has 0 fully saturated rings. The molecule has 0 unspecified atom stereocenters. The normalized spacial score (nSPS) is 11.2. The van der Waals surface area contributed by atoms with Crippen molar-refractivity contribution in [2.24, 2.45) is 0 Å². The number of hydrogen-bond donors (Lipinski definition) is 2. The van der Waals surface area contributed by atoms with Gasteiger partial charge in [0.2, 0.25) is 5.95 Å². The lowest BCUT2D eigenvalue weighted by atomic mass is 10.2. The number of aromatic nitrogens is 6. The monoisotopic (exact) mass is 497 g/mol. The average Bonchev–Trinajstić information content (AvgIpc) is 3.38. The molecule has 170 valence electrons. The molecule has 34 heavy (non-hydrogen) atoms. The van der Waals surface area contributed by atoms with E-state index in [1.807, 2.05) is 0 Å². The molecule has 9 nitrogen and oxygen atoms in total. The molecule has 0 bridgehead atoms. The maximum atomic E-state index is 13.3. The second-order valence-electron chi connectivity index (χ2n) is 7.32. The highest BCUT2D eigenvalue weighted by Crippen LogP contribution is 2.23. The molecule has 0 atom stereocenters. The first-order valence-electron chi connectivity index (χ1n) is 9.87. The van der Waals surface area contributed by atoms with Crippen LogP contribution in [-0.4, -0.2) is 35.4 Å². The molecular formula is C22H14Cl2FN7O2. The zero-order valence-electron chi connectivity index (χ0n) is 17.4. The number of nitrogens with zero attached hydrogens (tertiary/aromatic N) is 5. The van der Waals surface area contributed by atoms with E-state index in [1.165, 1.54) is 52.0 Å². The van der Waals surface area contributed by atoms with Gasteiger partial charge in [-0.3, -0.25) is 14.6 Å². The van der Waals surface area contributed by atoms with E-state index in [2.05, 4.69) is 25.5 Å². The van der Waals surface area contributed by atoms with E-state index in [0.717, 1.165) is 0 Å². The lowest BCUT2D eigenvalue weighted by Gasteiger charge is -2.10. The maximum absolute atomic E-state index is 13.3. The molecular weight excluding hydrogens is 484 g/mol. The first-order chi connectivity index (χ1) is 16.3. The average molecular weight is 498 g/mol. The van der Waals surface area contributed by atoms with Gasteiger partial charge in [-0.25, -0.2) is 9.07 Å². The summed E-state index contributed by atoms with van der Waals surface area (Å²) in [6.45, 7) is 1.72. The Bertz CT molecular complexity index is 1620. The van der Waals surface area contributed by atoms with Gasteiger partial charge in [0.1, 0.15) is 17.0 Å². The fourth-order valence-electron chi connectivity index (χ4n) is 3.39. The number of aromatic amines is 1. The largest absolute Gasteiger partial charge is 0.306 e. The Labute approximate surface area is 200 Å². The summed E-state index contributed by atoms with van der Waals surface area (Å²) in [7, 11) is 0. The number of amides is 1. The molecule has 2 N–H and O–H groups in total. The van der Waals surface area contributed by atoms with Crippen molar-refractivity contribution in [3.63, 3.8) is 0 Å². The number of halogens is 3. The van der Waals surface area contributed by atoms with Crippen molar-refractivity contribution < 1.29 is 9.18 Å². The molecule has 3 aromatic heterocycles. The van der Waals surface area contributed by atoms with Crippen molar-refractivity contribution >= 4 is 46.0 Å². The second kappa shape index (κ2) is 8.40. The first kappa shape index (κ1) is 21.8. The van der Waals surface area contributed by atoms with Crippen LogP contribution in [-0.2, 0) is 0 Å². The smallest absolute Gasteiger partial charge is 0.263 e. The predicted octanol–water partition coefficient (Wildman–Crippen LogP) is 4.30. The van der Waals surface area contributed by atoms with Gasteiger partial charge in [0.25, 0.3) is 11.5 Å². The van der Waals surface area contributed by atoms with Gasteiger partial charge in [-0.1, -0.05) is 23.2 Å². The van der Waals surface area contributed by atoms with Gasteiger partial charge in [-0.2, -0.15) is 19.9 Å². The van der Waals surface area contributed by atoms with Crippen molar-refractivity contribution in [2.45, 2.75) is 6.92 Å². The Morgan fingerprint density at radius 3 is 2.59 bits per heavy atom. The van der Waals surface area contributed by atoms with Crippen molar-refractivity contribution in [2.75, 3.05) is 5.32 Å². The zero-order valence-corrected chi connectivity index (χ0v) is 18.9. The van der Waals surface area contributed by atoms with Crippen LogP contribution in [0.25, 0.3) is 22.7 Å². The molecule has 0 spiro atoms. The number of anilines is 1. The topological polar surface area (TPSA) is 110 Å². The highest BCUT2D eigenvalue weighted by molar-refractivity contribution is 6.37. The quantitative estimate of drug-likeness (QED) is 0.384. The summed E-state index contributed by atoms with van der Waals surface area (Å²) in [5, 5.41) is 12.1. The minimum atomic E-state index is -0.498. The maximum Gasteiger partial charge on any atom is 0.263 e. The molecule has 2 aromatic carbocycles. The molecule has 1 amide bonds. The van der Waals surface area contributed by atoms with E-state index in [1.54, 1.807) is 19.1 Å². The van der Waals surface area contributed by atoms with Crippen LogP contribution in [0.1, 0.15) is 16.1 Å². The molecule has 0 aliphatic rings. The number of rotatable bonds is 4. The highest BCUT2D eigenvalue weighted by Gasteiger charge is 2.18. The summed E-state index contributed by atoms with van der Waals surface area (Å²) in [5.74, 6) is -0.599. The van der Waals surface area contributed by atoms with E-state index >= 15 is 0 Å². The van der Waals surface area contributed by atoms with Crippen molar-refractivity contribution in [1.29, 1.82) is 0 Å². The van der Waals surface area contributed by atoms with E-state index in [4.69, 9.17) is 23.2 Å². The zero-order chi connectivity index (χ0) is 24.0. The molecule has 3 heterocycles. The number of carbonyl (C=O) groups is 1. The second-order valence-corrected chi connectivity index (χ2v) is 8.16. The van der Waals surface area contributed by atoms with Gasteiger partial charge in [0.15, 0.2) is 5.65 Å². The third kappa shape index (κ3) is 3.93. The summed E-state index contributed by atoms with van der Waals surface area (Å²) in [5.41, 5.74) is 1.06. The van der Waals surface area contributed by atoms with E-state index in [9.17, 15) is 14.0 Å².